The molecule has 0 unspecified atom stereocenters. The minimum Gasteiger partial charge on any atom is -0.396 e. The topological polar surface area (TPSA) is 89.3 Å². The van der Waals surface area contributed by atoms with Gasteiger partial charge < -0.3 is 5.73 Å². The predicted octanol–water partition coefficient (Wildman–Crippen LogP) is 0.987. The molecule has 5 nitrogen and oxygen atoms in total. The summed E-state index contributed by atoms with van der Waals surface area (Å²) in [6, 6.07) is 2.33. The van der Waals surface area contributed by atoms with Gasteiger partial charge in [-0.25, -0.2) is 9.11 Å². The number of rotatable bonds is 2. The Kier molecular flexibility index (Phi) is 3.51. The second-order valence-corrected chi connectivity index (χ2v) is 4.79. The molecule has 0 radical (unpaired) electrons. The molecule has 1 rings (SSSR count). The number of carbonyl (C=O) groups excluding carboxylic acids is 1. The van der Waals surface area contributed by atoms with Crippen LogP contribution in [0, 0.1) is 5.82 Å². The molecule has 10 heteroatoms. The quantitative estimate of drug-likeness (QED) is 0.626. The van der Waals surface area contributed by atoms with Crippen molar-refractivity contribution in [3.63, 3.8) is 0 Å². The van der Waals surface area contributed by atoms with Gasteiger partial charge in [0.25, 0.3) is 5.91 Å². The van der Waals surface area contributed by atoms with Crippen LogP contribution in [-0.4, -0.2) is 19.8 Å². The smallest absolute Gasteiger partial charge is 0.396 e. The van der Waals surface area contributed by atoms with Crippen molar-refractivity contribution in [2.24, 2.45) is 0 Å². The second kappa shape index (κ2) is 4.44. The number of halogens is 4. The van der Waals surface area contributed by atoms with Crippen molar-refractivity contribution in [3.8, 4) is 0 Å². The van der Waals surface area contributed by atoms with Gasteiger partial charge in [0.2, 0.25) is 0 Å². The van der Waals surface area contributed by atoms with Crippen molar-refractivity contribution in [2.45, 2.75) is 5.51 Å². The van der Waals surface area contributed by atoms with E-state index in [9.17, 15) is 30.8 Å². The molecule has 0 aliphatic carbocycles. The predicted molar refractivity (Wildman–Crippen MR) is 53.3 cm³/mol. The lowest BCUT2D eigenvalue weighted by atomic mass is 10.2. The highest BCUT2D eigenvalue weighted by atomic mass is 32.2. The summed E-state index contributed by atoms with van der Waals surface area (Å²) in [5.41, 5.74) is -1.48. The first kappa shape index (κ1) is 14.2. The van der Waals surface area contributed by atoms with E-state index in [4.69, 9.17) is 5.73 Å². The summed E-state index contributed by atoms with van der Waals surface area (Å²) in [7, 11) is -5.82. The third-order valence-corrected chi connectivity index (χ3v) is 2.86. The zero-order chi connectivity index (χ0) is 14.1. The molecule has 1 aromatic rings. The van der Waals surface area contributed by atoms with Gasteiger partial charge in [0, 0.05) is 5.56 Å². The number of hydrogen-bond donors (Lipinski definition) is 2. The molecule has 100 valence electrons. The van der Waals surface area contributed by atoms with E-state index in [2.05, 4.69) is 0 Å². The maximum Gasteiger partial charge on any atom is 0.516 e. The van der Waals surface area contributed by atoms with E-state index < -0.39 is 32.8 Å². The van der Waals surface area contributed by atoms with E-state index in [1.807, 2.05) is 0 Å². The number of nitrogens with one attached hydrogen (secondary N) is 1. The molecule has 3 N–H and O–H groups in total. The van der Waals surface area contributed by atoms with Gasteiger partial charge in [0.15, 0.2) is 0 Å². The lowest BCUT2D eigenvalue weighted by molar-refractivity contribution is -0.0446. The van der Waals surface area contributed by atoms with Crippen LogP contribution >= 0.6 is 0 Å². The Labute approximate surface area is 98.6 Å². The van der Waals surface area contributed by atoms with E-state index in [0.29, 0.717) is 6.07 Å². The van der Waals surface area contributed by atoms with Crippen molar-refractivity contribution < 1.29 is 30.8 Å². The van der Waals surface area contributed by atoms with E-state index in [-0.39, 0.29) is 5.69 Å². The number of hydrogen-bond acceptors (Lipinski definition) is 4. The van der Waals surface area contributed by atoms with Gasteiger partial charge in [-0.2, -0.15) is 21.6 Å². The zero-order valence-corrected chi connectivity index (χ0v) is 9.27. The highest BCUT2D eigenvalue weighted by Gasteiger charge is 2.47. The summed E-state index contributed by atoms with van der Waals surface area (Å²) in [5, 5.41) is 0. The average molecular weight is 286 g/mol. The zero-order valence-electron chi connectivity index (χ0n) is 8.45. The number of nitrogens with two attached hydrogens (primary N) is 1. The SMILES string of the molecule is Nc1ccc(C(=O)NS(=O)(=O)C(F)(F)F)cc1F. The van der Waals surface area contributed by atoms with Crippen LogP contribution in [0.1, 0.15) is 10.4 Å². The molecular weight excluding hydrogens is 280 g/mol. The largest absolute Gasteiger partial charge is 0.516 e. The van der Waals surface area contributed by atoms with Crippen LogP contribution in [0.25, 0.3) is 0 Å². The van der Waals surface area contributed by atoms with Crippen LogP contribution in [0.3, 0.4) is 0 Å². The normalized spacial score (nSPS) is 12.2. The summed E-state index contributed by atoms with van der Waals surface area (Å²) >= 11 is 0. The van der Waals surface area contributed by atoms with Crippen LogP contribution in [0.5, 0.6) is 0 Å². The third kappa shape index (κ3) is 2.88. The molecule has 1 amide bonds. The second-order valence-electron chi connectivity index (χ2n) is 3.12. The number of anilines is 1. The maximum atomic E-state index is 12.9. The summed E-state index contributed by atoms with van der Waals surface area (Å²) in [6.45, 7) is 0. The molecule has 18 heavy (non-hydrogen) atoms. The fraction of sp³-hybridized carbons (Fsp3) is 0.125. The maximum absolute atomic E-state index is 12.9. The van der Waals surface area contributed by atoms with Crippen molar-refractivity contribution in [3.05, 3.63) is 29.6 Å². The van der Waals surface area contributed by atoms with Gasteiger partial charge >= 0.3 is 15.5 Å². The first-order valence-corrected chi connectivity index (χ1v) is 5.71. The van der Waals surface area contributed by atoms with E-state index >= 15 is 0 Å². The summed E-state index contributed by atoms with van der Waals surface area (Å²) < 4.78 is 70.8. The molecule has 0 saturated heterocycles. The van der Waals surface area contributed by atoms with Gasteiger partial charge in [-0.05, 0) is 18.2 Å². The summed E-state index contributed by atoms with van der Waals surface area (Å²) in [6.07, 6.45) is 0. The Hall–Kier alpha value is -1.84. The summed E-state index contributed by atoms with van der Waals surface area (Å²) in [5.74, 6) is -2.65. The van der Waals surface area contributed by atoms with Crippen molar-refractivity contribution >= 4 is 21.6 Å². The lowest BCUT2D eigenvalue weighted by Gasteiger charge is -2.09. The van der Waals surface area contributed by atoms with Crippen LogP contribution in [-0.2, 0) is 10.0 Å². The molecule has 0 fully saturated rings. The van der Waals surface area contributed by atoms with Crippen molar-refractivity contribution in [2.75, 3.05) is 5.73 Å². The monoisotopic (exact) mass is 286 g/mol. The first-order valence-electron chi connectivity index (χ1n) is 4.23. The summed E-state index contributed by atoms with van der Waals surface area (Å²) in [4.78, 5) is 11.2. The van der Waals surface area contributed by atoms with Crippen LogP contribution < -0.4 is 10.5 Å². The average Bonchev–Trinajstić information content (AvgIpc) is 2.19. The molecular formula is C8H6F4N2O3S. The van der Waals surface area contributed by atoms with Crippen molar-refractivity contribution in [1.29, 1.82) is 0 Å². The number of amides is 1. The van der Waals surface area contributed by atoms with Gasteiger partial charge in [0.1, 0.15) is 5.82 Å². The fourth-order valence-corrected chi connectivity index (χ4v) is 1.38. The van der Waals surface area contributed by atoms with Gasteiger partial charge in [0.05, 0.1) is 5.69 Å². The Morgan fingerprint density at radius 1 is 1.28 bits per heavy atom. The molecule has 0 aliphatic rings. The Balaban J connectivity index is 3.00. The minimum atomic E-state index is -5.82. The van der Waals surface area contributed by atoms with E-state index in [1.54, 1.807) is 0 Å². The van der Waals surface area contributed by atoms with E-state index in [0.717, 1.165) is 16.9 Å². The highest BCUT2D eigenvalue weighted by Crippen LogP contribution is 2.22. The van der Waals surface area contributed by atoms with Crippen LogP contribution in [0.15, 0.2) is 18.2 Å². The molecule has 0 aliphatic heterocycles. The third-order valence-electron chi connectivity index (χ3n) is 1.79. The number of nitrogen functional groups attached to an aromatic ring is 1. The van der Waals surface area contributed by atoms with Crippen LogP contribution in [0.2, 0.25) is 0 Å². The number of carbonyl (C=O) groups is 1. The molecule has 0 bridgehead atoms. The minimum absolute atomic E-state index is 0.328. The molecule has 0 atom stereocenters. The number of alkyl halides is 3. The van der Waals surface area contributed by atoms with Crippen molar-refractivity contribution in [1.82, 2.24) is 4.72 Å². The Bertz CT molecular complexity index is 582. The Morgan fingerprint density at radius 3 is 2.28 bits per heavy atom. The number of benzene rings is 1. The van der Waals surface area contributed by atoms with Gasteiger partial charge in [-0.15, -0.1) is 0 Å². The highest BCUT2D eigenvalue weighted by molar-refractivity contribution is 7.90. The van der Waals surface area contributed by atoms with E-state index in [1.165, 1.54) is 0 Å². The molecule has 1 aromatic carbocycles. The van der Waals surface area contributed by atoms with Crippen LogP contribution in [0.4, 0.5) is 23.2 Å². The Morgan fingerprint density at radius 2 is 1.83 bits per heavy atom. The molecule has 0 heterocycles. The standard InChI is InChI=1S/C8H6F4N2O3S/c9-5-3-4(1-2-6(5)13)7(15)14-18(16,17)8(10,11)12/h1-3H,13H2,(H,14,15). The molecule has 0 saturated carbocycles. The number of sulfonamides is 1. The first-order chi connectivity index (χ1) is 8.04. The lowest BCUT2D eigenvalue weighted by Crippen LogP contribution is -2.40. The molecule has 0 spiro atoms. The van der Waals surface area contributed by atoms with Gasteiger partial charge in [-0.3, -0.25) is 4.79 Å². The molecule has 0 aromatic heterocycles. The van der Waals surface area contributed by atoms with Gasteiger partial charge in [-0.1, -0.05) is 0 Å². The fourth-order valence-electron chi connectivity index (χ4n) is 0.907.